The third-order valence-corrected chi connectivity index (χ3v) is 3.42. The van der Waals surface area contributed by atoms with Crippen LogP contribution in [0, 0.1) is 0 Å². The molecule has 1 aliphatic heterocycles. The molecule has 2 N–H and O–H groups in total. The molecule has 2 rings (SSSR count). The zero-order valence-electron chi connectivity index (χ0n) is 12.0. The number of rotatable bonds is 3. The van der Waals surface area contributed by atoms with E-state index in [2.05, 4.69) is 0 Å². The Morgan fingerprint density at radius 2 is 1.80 bits per heavy atom. The number of hydrogen-bond acceptors (Lipinski definition) is 4. The lowest BCUT2D eigenvalue weighted by Gasteiger charge is -2.30. The van der Waals surface area contributed by atoms with Crippen LogP contribution in [-0.4, -0.2) is 37.6 Å². The Morgan fingerprint density at radius 1 is 1.25 bits per heavy atom. The van der Waals surface area contributed by atoms with Gasteiger partial charge >= 0.3 is 0 Å². The predicted octanol–water partition coefficient (Wildman–Crippen LogP) is 1.36. The minimum absolute atomic E-state index is 0. The quantitative estimate of drug-likeness (QED) is 0.915. The summed E-state index contributed by atoms with van der Waals surface area (Å²) in [7, 11) is 3.23. The molecule has 0 aliphatic carbocycles. The highest BCUT2D eigenvalue weighted by Gasteiger charge is 2.24. The van der Waals surface area contributed by atoms with Crippen LogP contribution in [0.1, 0.15) is 18.1 Å². The highest BCUT2D eigenvalue weighted by molar-refractivity contribution is 5.85. The van der Waals surface area contributed by atoms with Gasteiger partial charge in [-0.3, -0.25) is 4.79 Å². The summed E-state index contributed by atoms with van der Waals surface area (Å²) in [6.07, 6.45) is 0.814. The Hall–Kier alpha value is -1.46. The van der Waals surface area contributed by atoms with Gasteiger partial charge in [0.2, 0.25) is 5.91 Å². The van der Waals surface area contributed by atoms with Gasteiger partial charge in [0, 0.05) is 13.1 Å². The van der Waals surface area contributed by atoms with Gasteiger partial charge in [-0.2, -0.15) is 0 Å². The van der Waals surface area contributed by atoms with Crippen molar-refractivity contribution in [2.45, 2.75) is 25.9 Å². The summed E-state index contributed by atoms with van der Waals surface area (Å²) in [5, 5.41) is 0. The number of ether oxygens (including phenoxy) is 2. The number of methoxy groups -OCH3 is 2. The smallest absolute Gasteiger partial charge is 0.239 e. The standard InChI is InChI=1S/C14H20N2O3.ClH/c1-9(15)14(17)16-5-4-10-6-12(18-2)13(19-3)7-11(10)8-16;/h6-7,9H,4-5,8,15H2,1-3H3;1H. The molecular weight excluding hydrogens is 280 g/mol. The maximum absolute atomic E-state index is 11.9. The van der Waals surface area contributed by atoms with E-state index in [0.29, 0.717) is 18.8 Å². The Kier molecular flexibility index (Phi) is 5.65. The second-order valence-electron chi connectivity index (χ2n) is 4.77. The number of hydrogen-bond donors (Lipinski definition) is 1. The average Bonchev–Trinajstić information content (AvgIpc) is 2.44. The number of carbonyl (C=O) groups excluding carboxylic acids is 1. The molecule has 0 saturated carbocycles. The number of nitrogens with two attached hydrogens (primary N) is 1. The lowest BCUT2D eigenvalue weighted by molar-refractivity contribution is -0.133. The Balaban J connectivity index is 0.00000200. The van der Waals surface area contributed by atoms with Crippen LogP contribution >= 0.6 is 12.4 Å². The fourth-order valence-corrected chi connectivity index (χ4v) is 2.36. The molecule has 0 fully saturated rings. The summed E-state index contributed by atoms with van der Waals surface area (Å²) in [5.41, 5.74) is 7.95. The number of halogens is 1. The number of amides is 1. The van der Waals surface area contributed by atoms with Gasteiger partial charge in [-0.1, -0.05) is 0 Å². The minimum atomic E-state index is -0.457. The molecule has 1 heterocycles. The van der Waals surface area contributed by atoms with E-state index in [-0.39, 0.29) is 18.3 Å². The molecule has 0 spiro atoms. The van der Waals surface area contributed by atoms with Crippen molar-refractivity contribution in [3.63, 3.8) is 0 Å². The fraction of sp³-hybridized carbons (Fsp3) is 0.500. The van der Waals surface area contributed by atoms with Crippen molar-refractivity contribution in [1.82, 2.24) is 4.90 Å². The molecule has 0 saturated heterocycles. The first-order valence-corrected chi connectivity index (χ1v) is 6.35. The third kappa shape index (κ3) is 3.16. The van der Waals surface area contributed by atoms with Crippen LogP contribution in [-0.2, 0) is 17.8 Å². The van der Waals surface area contributed by atoms with Crippen molar-refractivity contribution in [3.05, 3.63) is 23.3 Å². The summed E-state index contributed by atoms with van der Waals surface area (Å²) < 4.78 is 10.6. The summed E-state index contributed by atoms with van der Waals surface area (Å²) in [6, 6.07) is 3.47. The van der Waals surface area contributed by atoms with Crippen LogP contribution in [0.4, 0.5) is 0 Å². The molecule has 0 radical (unpaired) electrons. The zero-order valence-corrected chi connectivity index (χ0v) is 12.8. The van der Waals surface area contributed by atoms with Gasteiger partial charge in [0.25, 0.3) is 0 Å². The van der Waals surface area contributed by atoms with E-state index in [1.165, 1.54) is 5.56 Å². The van der Waals surface area contributed by atoms with Gasteiger partial charge in [0.1, 0.15) is 0 Å². The van der Waals surface area contributed by atoms with Crippen LogP contribution < -0.4 is 15.2 Å². The highest BCUT2D eigenvalue weighted by atomic mass is 35.5. The van der Waals surface area contributed by atoms with Gasteiger partial charge in [-0.25, -0.2) is 0 Å². The van der Waals surface area contributed by atoms with E-state index in [4.69, 9.17) is 15.2 Å². The molecule has 1 amide bonds. The number of fused-ring (bicyclic) bond motifs is 1. The molecule has 1 atom stereocenters. The van der Waals surface area contributed by atoms with Crippen LogP contribution in [0.3, 0.4) is 0 Å². The highest BCUT2D eigenvalue weighted by Crippen LogP contribution is 2.33. The first-order valence-electron chi connectivity index (χ1n) is 6.35. The maximum Gasteiger partial charge on any atom is 0.239 e. The van der Waals surface area contributed by atoms with Crippen LogP contribution in [0.25, 0.3) is 0 Å². The van der Waals surface area contributed by atoms with E-state index >= 15 is 0 Å². The van der Waals surface area contributed by atoms with E-state index in [1.807, 2.05) is 12.1 Å². The van der Waals surface area contributed by atoms with Crippen molar-refractivity contribution >= 4 is 18.3 Å². The van der Waals surface area contributed by atoms with Crippen molar-refractivity contribution in [2.75, 3.05) is 20.8 Å². The second-order valence-corrected chi connectivity index (χ2v) is 4.77. The number of benzene rings is 1. The maximum atomic E-state index is 11.9. The SMILES string of the molecule is COc1cc2c(cc1OC)CN(C(=O)C(C)N)CC2.Cl. The van der Waals surface area contributed by atoms with Crippen molar-refractivity contribution in [2.24, 2.45) is 5.73 Å². The molecule has 1 unspecified atom stereocenters. The predicted molar refractivity (Wildman–Crippen MR) is 79.6 cm³/mol. The zero-order chi connectivity index (χ0) is 14.0. The molecule has 1 aromatic rings. The van der Waals surface area contributed by atoms with Crippen molar-refractivity contribution < 1.29 is 14.3 Å². The van der Waals surface area contributed by atoms with Crippen molar-refractivity contribution in [3.8, 4) is 11.5 Å². The molecule has 112 valence electrons. The lowest BCUT2D eigenvalue weighted by Crippen LogP contribution is -2.44. The van der Waals surface area contributed by atoms with E-state index in [0.717, 1.165) is 17.7 Å². The molecule has 1 aliphatic rings. The average molecular weight is 301 g/mol. The molecule has 1 aromatic carbocycles. The molecule has 5 nitrogen and oxygen atoms in total. The Morgan fingerprint density at radius 3 is 2.30 bits per heavy atom. The minimum Gasteiger partial charge on any atom is -0.493 e. The van der Waals surface area contributed by atoms with E-state index in [1.54, 1.807) is 26.0 Å². The largest absolute Gasteiger partial charge is 0.493 e. The summed E-state index contributed by atoms with van der Waals surface area (Å²) in [5.74, 6) is 1.41. The molecule has 0 bridgehead atoms. The molecule has 0 aromatic heterocycles. The fourth-order valence-electron chi connectivity index (χ4n) is 2.36. The molecule has 6 heteroatoms. The lowest BCUT2D eigenvalue weighted by atomic mass is 9.98. The summed E-state index contributed by atoms with van der Waals surface area (Å²) in [4.78, 5) is 13.7. The van der Waals surface area contributed by atoms with E-state index < -0.39 is 6.04 Å². The normalized spacial score (nSPS) is 14.9. The molecular formula is C14H21ClN2O3. The van der Waals surface area contributed by atoms with Gasteiger partial charge in [-0.15, -0.1) is 12.4 Å². The van der Waals surface area contributed by atoms with Crippen LogP contribution in [0.15, 0.2) is 12.1 Å². The number of carbonyl (C=O) groups is 1. The Labute approximate surface area is 125 Å². The molecule has 20 heavy (non-hydrogen) atoms. The second kappa shape index (κ2) is 6.81. The third-order valence-electron chi connectivity index (χ3n) is 3.42. The van der Waals surface area contributed by atoms with Crippen LogP contribution in [0.5, 0.6) is 11.5 Å². The van der Waals surface area contributed by atoms with E-state index in [9.17, 15) is 4.79 Å². The first-order chi connectivity index (χ1) is 9.06. The number of nitrogens with zero attached hydrogens (tertiary/aromatic N) is 1. The van der Waals surface area contributed by atoms with Gasteiger partial charge in [0.15, 0.2) is 11.5 Å². The van der Waals surface area contributed by atoms with Gasteiger partial charge in [-0.05, 0) is 36.6 Å². The van der Waals surface area contributed by atoms with Gasteiger partial charge in [0.05, 0.1) is 20.3 Å². The Bertz CT molecular complexity index is 492. The van der Waals surface area contributed by atoms with Crippen LogP contribution in [0.2, 0.25) is 0 Å². The van der Waals surface area contributed by atoms with Crippen molar-refractivity contribution in [1.29, 1.82) is 0 Å². The monoisotopic (exact) mass is 300 g/mol. The first kappa shape index (κ1) is 16.6. The summed E-state index contributed by atoms with van der Waals surface area (Å²) in [6.45, 7) is 2.99. The summed E-state index contributed by atoms with van der Waals surface area (Å²) >= 11 is 0. The topological polar surface area (TPSA) is 64.8 Å². The van der Waals surface area contributed by atoms with Gasteiger partial charge < -0.3 is 20.1 Å².